The van der Waals surface area contributed by atoms with Gasteiger partial charge in [0.2, 0.25) is 0 Å². The zero-order valence-corrected chi connectivity index (χ0v) is 20.3. The van der Waals surface area contributed by atoms with E-state index >= 15 is 0 Å². The number of aromatic nitrogens is 4. The second-order valence-corrected chi connectivity index (χ2v) is 8.71. The van der Waals surface area contributed by atoms with E-state index in [0.717, 1.165) is 38.6 Å². The molecule has 0 bridgehead atoms. The molecule has 0 saturated carbocycles. The third-order valence-corrected chi connectivity index (χ3v) is 6.85. The molecule has 0 atom stereocenters. The molecule has 0 aliphatic heterocycles. The van der Waals surface area contributed by atoms with Crippen LogP contribution in [-0.2, 0) is 12.3 Å². The highest BCUT2D eigenvalue weighted by molar-refractivity contribution is 7.98. The molecule has 170 valence electrons. The largest absolute Gasteiger partial charge is 0.496 e. The number of thioether (sulfide) groups is 1. The molecule has 0 fully saturated rings. The molecule has 0 saturated heterocycles. The molecule has 2 heterocycles. The average Bonchev–Trinajstić information content (AvgIpc) is 3.49. The summed E-state index contributed by atoms with van der Waals surface area (Å²) in [7, 11) is 4.91. The summed E-state index contributed by atoms with van der Waals surface area (Å²) in [5.41, 5.74) is 2.86. The zero-order valence-electron chi connectivity index (χ0n) is 18.6. The number of thiazole rings is 1. The second kappa shape index (κ2) is 10.5. The molecular formula is C24H24N4O3S2. The monoisotopic (exact) mass is 480 g/mol. The lowest BCUT2D eigenvalue weighted by molar-refractivity contribution is 0.355. The van der Waals surface area contributed by atoms with Gasteiger partial charge in [-0.3, -0.25) is 4.57 Å². The van der Waals surface area contributed by atoms with Gasteiger partial charge in [-0.1, -0.05) is 30.0 Å². The van der Waals surface area contributed by atoms with E-state index in [4.69, 9.17) is 19.2 Å². The Morgan fingerprint density at radius 3 is 2.55 bits per heavy atom. The van der Waals surface area contributed by atoms with Gasteiger partial charge in [0.25, 0.3) is 0 Å². The van der Waals surface area contributed by atoms with Crippen molar-refractivity contribution in [3.8, 4) is 39.2 Å². The zero-order chi connectivity index (χ0) is 23.2. The molecule has 2 aromatic heterocycles. The van der Waals surface area contributed by atoms with E-state index in [1.807, 2.05) is 53.1 Å². The maximum absolute atomic E-state index is 5.51. The van der Waals surface area contributed by atoms with Crippen LogP contribution in [0.15, 0.2) is 65.7 Å². The summed E-state index contributed by atoms with van der Waals surface area (Å²) >= 11 is 3.19. The summed E-state index contributed by atoms with van der Waals surface area (Å²) in [5.74, 6) is 3.55. The summed E-state index contributed by atoms with van der Waals surface area (Å²) in [5, 5.41) is 12.7. The number of hydrogen-bond donors (Lipinski definition) is 0. The minimum Gasteiger partial charge on any atom is -0.496 e. The molecule has 9 heteroatoms. The predicted octanol–water partition coefficient (Wildman–Crippen LogP) is 5.57. The van der Waals surface area contributed by atoms with E-state index < -0.39 is 0 Å². The summed E-state index contributed by atoms with van der Waals surface area (Å²) in [6, 6.07) is 13.6. The molecule has 0 unspecified atom stereocenters. The number of para-hydroxylation sites is 1. The van der Waals surface area contributed by atoms with E-state index in [2.05, 4.69) is 22.2 Å². The highest BCUT2D eigenvalue weighted by Gasteiger charge is 2.17. The van der Waals surface area contributed by atoms with Crippen molar-refractivity contribution in [3.63, 3.8) is 0 Å². The number of nitrogens with zero attached hydrogens (tertiary/aromatic N) is 4. The lowest BCUT2D eigenvalue weighted by Crippen LogP contribution is -2.01. The summed E-state index contributed by atoms with van der Waals surface area (Å²) in [6.07, 6.45) is 1.84. The quantitative estimate of drug-likeness (QED) is 0.217. The number of allylic oxidation sites excluding steroid dienone is 1. The molecular weight excluding hydrogens is 456 g/mol. The van der Waals surface area contributed by atoms with E-state index in [-0.39, 0.29) is 0 Å². The van der Waals surface area contributed by atoms with Crippen LogP contribution in [0, 0.1) is 0 Å². The van der Waals surface area contributed by atoms with Gasteiger partial charge >= 0.3 is 0 Å². The maximum atomic E-state index is 5.51. The summed E-state index contributed by atoms with van der Waals surface area (Å²) < 4.78 is 18.3. The fourth-order valence-corrected chi connectivity index (χ4v) is 5.09. The Bertz CT molecular complexity index is 1250. The first kappa shape index (κ1) is 22.9. The van der Waals surface area contributed by atoms with Crippen molar-refractivity contribution in [2.45, 2.75) is 17.5 Å². The smallest absolute Gasteiger partial charge is 0.192 e. The predicted molar refractivity (Wildman–Crippen MR) is 132 cm³/mol. The topological polar surface area (TPSA) is 71.3 Å². The molecule has 0 aliphatic rings. The molecule has 0 aliphatic carbocycles. The normalized spacial score (nSPS) is 10.8. The molecule has 0 radical (unpaired) electrons. The van der Waals surface area contributed by atoms with E-state index in [1.165, 1.54) is 0 Å². The Labute approximate surface area is 201 Å². The van der Waals surface area contributed by atoms with E-state index in [0.29, 0.717) is 23.8 Å². The van der Waals surface area contributed by atoms with Crippen LogP contribution in [0.4, 0.5) is 0 Å². The minimum absolute atomic E-state index is 0.594. The van der Waals surface area contributed by atoms with Crippen molar-refractivity contribution in [2.24, 2.45) is 0 Å². The highest BCUT2D eigenvalue weighted by Crippen LogP contribution is 2.35. The fraction of sp³-hybridized carbons (Fsp3) is 0.208. The standard InChI is InChI=1S/C24H24N4O3S2/c1-5-12-28-22(18-8-6-7-9-19(18)29-2)26-27-24(28)33-15-17-14-32-23(25-17)16-10-11-20(30-3)21(13-16)31-4/h5-11,13-14H,1,12,15H2,2-4H3. The van der Waals surface area contributed by atoms with Crippen molar-refractivity contribution < 1.29 is 14.2 Å². The molecule has 0 amide bonds. The lowest BCUT2D eigenvalue weighted by atomic mass is 10.2. The van der Waals surface area contributed by atoms with Crippen molar-refractivity contribution in [1.82, 2.24) is 19.7 Å². The molecule has 4 aromatic rings. The van der Waals surface area contributed by atoms with Crippen LogP contribution in [0.1, 0.15) is 5.69 Å². The fourth-order valence-electron chi connectivity index (χ4n) is 3.33. The van der Waals surface area contributed by atoms with Crippen LogP contribution in [0.25, 0.3) is 22.0 Å². The molecule has 2 aromatic carbocycles. The number of benzene rings is 2. The number of methoxy groups -OCH3 is 3. The van der Waals surface area contributed by atoms with Crippen LogP contribution in [0.3, 0.4) is 0 Å². The van der Waals surface area contributed by atoms with Gasteiger partial charge in [0.1, 0.15) is 10.8 Å². The van der Waals surface area contributed by atoms with Gasteiger partial charge in [-0.25, -0.2) is 4.98 Å². The van der Waals surface area contributed by atoms with Crippen LogP contribution >= 0.6 is 23.1 Å². The van der Waals surface area contributed by atoms with E-state index in [9.17, 15) is 0 Å². The van der Waals surface area contributed by atoms with Gasteiger partial charge in [-0.05, 0) is 30.3 Å². The second-order valence-electron chi connectivity index (χ2n) is 6.91. The van der Waals surface area contributed by atoms with Crippen molar-refractivity contribution in [2.75, 3.05) is 21.3 Å². The highest BCUT2D eigenvalue weighted by atomic mass is 32.2. The lowest BCUT2D eigenvalue weighted by Gasteiger charge is -2.10. The number of rotatable bonds is 10. The maximum Gasteiger partial charge on any atom is 0.192 e. The van der Waals surface area contributed by atoms with Crippen LogP contribution in [0.5, 0.6) is 17.2 Å². The summed E-state index contributed by atoms with van der Waals surface area (Å²) in [4.78, 5) is 4.80. The Hall–Kier alpha value is -3.30. The van der Waals surface area contributed by atoms with Gasteiger partial charge in [0.05, 0.1) is 32.6 Å². The first-order valence-electron chi connectivity index (χ1n) is 10.2. The van der Waals surface area contributed by atoms with Gasteiger partial charge in [0.15, 0.2) is 22.5 Å². The van der Waals surface area contributed by atoms with Crippen molar-refractivity contribution in [1.29, 1.82) is 0 Å². The van der Waals surface area contributed by atoms with Gasteiger partial charge in [0, 0.05) is 23.2 Å². The SMILES string of the molecule is C=CCn1c(SCc2csc(-c3ccc(OC)c(OC)c3)n2)nnc1-c1ccccc1OC. The van der Waals surface area contributed by atoms with Gasteiger partial charge in [-0.15, -0.1) is 28.1 Å². The molecule has 0 spiro atoms. The number of ether oxygens (including phenoxy) is 3. The van der Waals surface area contributed by atoms with Gasteiger partial charge in [-0.2, -0.15) is 0 Å². The first-order valence-corrected chi connectivity index (χ1v) is 12.0. The molecule has 7 nitrogen and oxygen atoms in total. The Balaban J connectivity index is 1.54. The van der Waals surface area contributed by atoms with Crippen molar-refractivity contribution in [3.05, 3.63) is 66.2 Å². The first-order chi connectivity index (χ1) is 16.2. The number of hydrogen-bond acceptors (Lipinski definition) is 8. The average molecular weight is 481 g/mol. The Morgan fingerprint density at radius 2 is 1.79 bits per heavy atom. The molecule has 33 heavy (non-hydrogen) atoms. The Morgan fingerprint density at radius 1 is 1.00 bits per heavy atom. The van der Waals surface area contributed by atoms with Gasteiger partial charge < -0.3 is 14.2 Å². The summed E-state index contributed by atoms with van der Waals surface area (Å²) in [6.45, 7) is 4.48. The third kappa shape index (κ3) is 4.89. The van der Waals surface area contributed by atoms with Crippen LogP contribution in [-0.4, -0.2) is 41.1 Å². The van der Waals surface area contributed by atoms with E-state index in [1.54, 1.807) is 44.4 Å². The molecule has 0 N–H and O–H groups in total. The van der Waals surface area contributed by atoms with Crippen LogP contribution < -0.4 is 14.2 Å². The van der Waals surface area contributed by atoms with Crippen molar-refractivity contribution >= 4 is 23.1 Å². The van der Waals surface area contributed by atoms with Crippen LogP contribution in [0.2, 0.25) is 0 Å². The minimum atomic E-state index is 0.594. The third-order valence-electron chi connectivity index (χ3n) is 4.91. The molecule has 4 rings (SSSR count). The Kier molecular flexibility index (Phi) is 7.31.